The fourth-order valence-corrected chi connectivity index (χ4v) is 1.88. The molecule has 0 aliphatic rings. The summed E-state index contributed by atoms with van der Waals surface area (Å²) < 4.78 is 0. The van der Waals surface area contributed by atoms with Crippen LogP contribution in [0, 0.1) is 0 Å². The van der Waals surface area contributed by atoms with Crippen molar-refractivity contribution in [2.45, 2.75) is 0 Å². The Hall–Kier alpha value is -0.180. The van der Waals surface area contributed by atoms with Crippen molar-refractivity contribution < 1.29 is 4.79 Å². The van der Waals surface area contributed by atoms with Gasteiger partial charge in [0.15, 0.2) is 5.78 Å². The molecular formula is C9H8Cl2OS. The van der Waals surface area contributed by atoms with Crippen LogP contribution in [0.1, 0.15) is 10.4 Å². The van der Waals surface area contributed by atoms with E-state index >= 15 is 0 Å². The van der Waals surface area contributed by atoms with E-state index in [2.05, 4.69) is 0 Å². The molecule has 1 nitrogen and oxygen atoms in total. The third kappa shape index (κ3) is 3.22. The Balaban J connectivity index is 2.94. The summed E-state index contributed by atoms with van der Waals surface area (Å²) in [6.45, 7) is 0. The van der Waals surface area contributed by atoms with Crippen LogP contribution >= 0.6 is 35.0 Å². The quantitative estimate of drug-likeness (QED) is 0.745. The molecule has 0 aliphatic carbocycles. The molecule has 0 unspecified atom stereocenters. The summed E-state index contributed by atoms with van der Waals surface area (Å²) in [6.07, 6.45) is 1.88. The van der Waals surface area contributed by atoms with Crippen LogP contribution in [-0.2, 0) is 0 Å². The van der Waals surface area contributed by atoms with E-state index in [0.29, 0.717) is 21.4 Å². The van der Waals surface area contributed by atoms with Gasteiger partial charge in [0.2, 0.25) is 0 Å². The lowest BCUT2D eigenvalue weighted by Gasteiger charge is -2.00. The smallest absolute Gasteiger partial charge is 0.172 e. The number of thioether (sulfide) groups is 1. The second-order valence-corrected chi connectivity index (χ2v) is 4.25. The number of rotatable bonds is 3. The Morgan fingerprint density at radius 2 is 1.85 bits per heavy atom. The first-order chi connectivity index (χ1) is 6.13. The van der Waals surface area contributed by atoms with Gasteiger partial charge >= 0.3 is 0 Å². The molecule has 13 heavy (non-hydrogen) atoms. The Labute approximate surface area is 91.4 Å². The highest BCUT2D eigenvalue weighted by Gasteiger charge is 2.06. The number of carbonyl (C=O) groups is 1. The van der Waals surface area contributed by atoms with Crippen LogP contribution in [0.4, 0.5) is 0 Å². The molecule has 1 aromatic rings. The maximum absolute atomic E-state index is 11.4. The number of hydrogen-bond acceptors (Lipinski definition) is 2. The average Bonchev–Trinajstić information content (AvgIpc) is 2.03. The van der Waals surface area contributed by atoms with Crippen molar-refractivity contribution in [2.24, 2.45) is 0 Å². The van der Waals surface area contributed by atoms with Gasteiger partial charge in [-0.25, -0.2) is 0 Å². The molecule has 1 aromatic carbocycles. The SMILES string of the molecule is CSCC(=O)c1cc(Cl)cc(Cl)c1. The zero-order chi connectivity index (χ0) is 9.84. The summed E-state index contributed by atoms with van der Waals surface area (Å²) in [5.74, 6) is 0.508. The molecule has 0 saturated heterocycles. The summed E-state index contributed by atoms with van der Waals surface area (Å²) in [7, 11) is 0. The fourth-order valence-electron chi connectivity index (χ4n) is 0.929. The fraction of sp³-hybridized carbons (Fsp3) is 0.222. The van der Waals surface area contributed by atoms with Gasteiger partial charge in [-0.2, -0.15) is 11.8 Å². The second kappa shape index (κ2) is 4.89. The van der Waals surface area contributed by atoms with E-state index in [9.17, 15) is 4.79 Å². The zero-order valence-electron chi connectivity index (χ0n) is 7.01. The van der Waals surface area contributed by atoms with Gasteiger partial charge in [-0.1, -0.05) is 23.2 Å². The highest BCUT2D eigenvalue weighted by molar-refractivity contribution is 7.99. The third-order valence-corrected chi connectivity index (χ3v) is 2.45. The van der Waals surface area contributed by atoms with Gasteiger partial charge in [0.25, 0.3) is 0 Å². The van der Waals surface area contributed by atoms with Crippen LogP contribution in [0.2, 0.25) is 10.0 Å². The number of benzene rings is 1. The zero-order valence-corrected chi connectivity index (χ0v) is 9.34. The summed E-state index contributed by atoms with van der Waals surface area (Å²) in [5.41, 5.74) is 0.576. The summed E-state index contributed by atoms with van der Waals surface area (Å²) in [4.78, 5) is 11.4. The normalized spacial score (nSPS) is 10.1. The maximum atomic E-state index is 11.4. The van der Waals surface area contributed by atoms with Gasteiger partial charge < -0.3 is 0 Å². The minimum absolute atomic E-state index is 0.0527. The molecule has 70 valence electrons. The number of Topliss-reactive ketones (excluding diaryl/α,β-unsaturated/α-hetero) is 1. The van der Waals surface area contributed by atoms with Crippen molar-refractivity contribution in [1.29, 1.82) is 0 Å². The lowest BCUT2D eigenvalue weighted by molar-refractivity contribution is 0.102. The average molecular weight is 235 g/mol. The Morgan fingerprint density at radius 1 is 1.31 bits per heavy atom. The predicted octanol–water partition coefficient (Wildman–Crippen LogP) is 3.54. The van der Waals surface area contributed by atoms with Crippen LogP contribution in [0.5, 0.6) is 0 Å². The van der Waals surface area contributed by atoms with E-state index in [1.54, 1.807) is 18.2 Å². The van der Waals surface area contributed by atoms with Crippen molar-refractivity contribution >= 4 is 40.7 Å². The van der Waals surface area contributed by atoms with Gasteiger partial charge in [-0.3, -0.25) is 4.79 Å². The maximum Gasteiger partial charge on any atom is 0.172 e. The Morgan fingerprint density at radius 3 is 2.31 bits per heavy atom. The highest BCUT2D eigenvalue weighted by atomic mass is 35.5. The molecule has 0 spiro atoms. The molecule has 0 amide bonds. The lowest BCUT2D eigenvalue weighted by atomic mass is 10.1. The largest absolute Gasteiger partial charge is 0.293 e. The first-order valence-corrected chi connectivity index (χ1v) is 5.76. The first kappa shape index (κ1) is 10.9. The van der Waals surface area contributed by atoms with Crippen LogP contribution < -0.4 is 0 Å². The summed E-state index contributed by atoms with van der Waals surface area (Å²) >= 11 is 13.0. The van der Waals surface area contributed by atoms with E-state index in [0.717, 1.165) is 0 Å². The first-order valence-electron chi connectivity index (χ1n) is 3.61. The molecule has 0 N–H and O–H groups in total. The number of halogens is 2. The molecule has 0 saturated carbocycles. The molecular weight excluding hydrogens is 227 g/mol. The summed E-state index contributed by atoms with van der Waals surface area (Å²) in [6, 6.07) is 4.87. The van der Waals surface area contributed by atoms with Gasteiger partial charge in [-0.05, 0) is 24.5 Å². The highest BCUT2D eigenvalue weighted by Crippen LogP contribution is 2.19. The van der Waals surface area contributed by atoms with Gasteiger partial charge in [0.1, 0.15) is 0 Å². The second-order valence-electron chi connectivity index (χ2n) is 2.51. The minimum Gasteiger partial charge on any atom is -0.293 e. The van der Waals surface area contributed by atoms with Crippen molar-refractivity contribution in [3.05, 3.63) is 33.8 Å². The molecule has 0 aromatic heterocycles. The van der Waals surface area contributed by atoms with E-state index in [1.165, 1.54) is 11.8 Å². The third-order valence-electron chi connectivity index (χ3n) is 1.46. The van der Waals surface area contributed by atoms with Crippen molar-refractivity contribution in [3.63, 3.8) is 0 Å². The van der Waals surface area contributed by atoms with Crippen LogP contribution in [-0.4, -0.2) is 17.8 Å². The number of ketones is 1. The monoisotopic (exact) mass is 234 g/mol. The topological polar surface area (TPSA) is 17.1 Å². The van der Waals surface area contributed by atoms with Crippen LogP contribution in [0.3, 0.4) is 0 Å². The van der Waals surface area contributed by atoms with Gasteiger partial charge in [-0.15, -0.1) is 0 Å². The van der Waals surface area contributed by atoms with Crippen LogP contribution in [0.25, 0.3) is 0 Å². The predicted molar refractivity (Wildman–Crippen MR) is 59.2 cm³/mol. The Bertz CT molecular complexity index is 305. The molecule has 0 radical (unpaired) electrons. The number of hydrogen-bond donors (Lipinski definition) is 0. The molecule has 0 fully saturated rings. The standard InChI is InChI=1S/C9H8Cl2OS/c1-13-5-9(12)6-2-7(10)4-8(11)3-6/h2-4H,5H2,1H3. The van der Waals surface area contributed by atoms with Crippen molar-refractivity contribution in [3.8, 4) is 0 Å². The van der Waals surface area contributed by atoms with E-state index in [4.69, 9.17) is 23.2 Å². The van der Waals surface area contributed by atoms with Crippen molar-refractivity contribution in [2.75, 3.05) is 12.0 Å². The van der Waals surface area contributed by atoms with E-state index < -0.39 is 0 Å². The van der Waals surface area contributed by atoms with Crippen LogP contribution in [0.15, 0.2) is 18.2 Å². The lowest BCUT2D eigenvalue weighted by Crippen LogP contribution is -2.01. The Kier molecular flexibility index (Phi) is 4.10. The molecule has 0 aliphatic heterocycles. The molecule has 1 rings (SSSR count). The molecule has 4 heteroatoms. The van der Waals surface area contributed by atoms with Crippen molar-refractivity contribution in [1.82, 2.24) is 0 Å². The minimum atomic E-state index is 0.0527. The van der Waals surface area contributed by atoms with Gasteiger partial charge in [0.05, 0.1) is 5.75 Å². The molecule has 0 atom stereocenters. The van der Waals surface area contributed by atoms with E-state index in [-0.39, 0.29) is 5.78 Å². The summed E-state index contributed by atoms with van der Waals surface area (Å²) in [5, 5.41) is 0.994. The van der Waals surface area contributed by atoms with Gasteiger partial charge in [0, 0.05) is 15.6 Å². The molecule has 0 bridgehead atoms. The molecule has 0 heterocycles. The van der Waals surface area contributed by atoms with E-state index in [1.807, 2.05) is 6.26 Å². The number of carbonyl (C=O) groups excluding carboxylic acids is 1.